The summed E-state index contributed by atoms with van der Waals surface area (Å²) in [4.78, 5) is 11.3. The van der Waals surface area contributed by atoms with Gasteiger partial charge in [-0.2, -0.15) is 0 Å². The Morgan fingerprint density at radius 2 is 2.08 bits per heavy atom. The fraction of sp³-hybridized carbons (Fsp3) is 0.750. The molecule has 0 aromatic carbocycles. The number of hydrogen-bond donors (Lipinski definition) is 0. The maximum atomic E-state index is 11.3. The highest BCUT2D eigenvalue weighted by molar-refractivity contribution is 5.91. The van der Waals surface area contributed by atoms with Gasteiger partial charge in [-0.1, -0.05) is 39.7 Å². The van der Waals surface area contributed by atoms with Crippen molar-refractivity contribution < 1.29 is 4.79 Å². The van der Waals surface area contributed by atoms with E-state index in [4.69, 9.17) is 0 Å². The van der Waals surface area contributed by atoms with Gasteiger partial charge >= 0.3 is 0 Å². The second kappa shape index (κ2) is 4.59. The Morgan fingerprint density at radius 1 is 1.38 bits per heavy atom. The predicted molar refractivity (Wildman–Crippen MR) is 55.5 cm³/mol. The summed E-state index contributed by atoms with van der Waals surface area (Å²) in [5, 5.41) is 0. The van der Waals surface area contributed by atoms with Crippen molar-refractivity contribution in [3.63, 3.8) is 0 Å². The first-order valence-electron chi connectivity index (χ1n) is 5.33. The van der Waals surface area contributed by atoms with Gasteiger partial charge in [-0.05, 0) is 24.3 Å². The maximum Gasteiger partial charge on any atom is 0.157 e. The van der Waals surface area contributed by atoms with Gasteiger partial charge in [-0.25, -0.2) is 0 Å². The molecule has 2 unspecified atom stereocenters. The SMILES string of the molecule is CC(C)C(=O)/C=C/C1CCCC1C. The van der Waals surface area contributed by atoms with Gasteiger partial charge in [0.2, 0.25) is 0 Å². The molecule has 0 radical (unpaired) electrons. The molecule has 1 nitrogen and oxygen atoms in total. The average molecular weight is 180 g/mol. The van der Waals surface area contributed by atoms with Crippen LogP contribution in [0.25, 0.3) is 0 Å². The molecule has 0 saturated heterocycles. The fourth-order valence-electron chi connectivity index (χ4n) is 1.87. The third-order valence-corrected chi connectivity index (χ3v) is 3.00. The lowest BCUT2D eigenvalue weighted by atomic mass is 9.96. The summed E-state index contributed by atoms with van der Waals surface area (Å²) < 4.78 is 0. The van der Waals surface area contributed by atoms with Crippen molar-refractivity contribution in [1.82, 2.24) is 0 Å². The van der Waals surface area contributed by atoms with Crippen LogP contribution in [0.1, 0.15) is 40.0 Å². The van der Waals surface area contributed by atoms with Gasteiger partial charge in [-0.15, -0.1) is 0 Å². The molecule has 0 bridgehead atoms. The molecule has 0 heterocycles. The first-order chi connectivity index (χ1) is 6.11. The second-order valence-electron chi connectivity index (χ2n) is 4.49. The molecule has 0 spiro atoms. The number of allylic oxidation sites excluding steroid dienone is 2. The van der Waals surface area contributed by atoms with Crippen LogP contribution in [0.3, 0.4) is 0 Å². The monoisotopic (exact) mass is 180 g/mol. The molecule has 1 aliphatic rings. The molecule has 74 valence electrons. The van der Waals surface area contributed by atoms with Crippen LogP contribution in [-0.4, -0.2) is 5.78 Å². The maximum absolute atomic E-state index is 11.3. The zero-order chi connectivity index (χ0) is 9.84. The number of rotatable bonds is 3. The standard InChI is InChI=1S/C12H20O/c1-9(2)12(13)8-7-11-6-4-5-10(11)3/h7-11H,4-6H2,1-3H3/b8-7+. The molecule has 13 heavy (non-hydrogen) atoms. The first kappa shape index (κ1) is 10.5. The average Bonchev–Trinajstić information content (AvgIpc) is 2.47. The molecule has 1 fully saturated rings. The molecular formula is C12H20O. The summed E-state index contributed by atoms with van der Waals surface area (Å²) in [6.07, 6.45) is 7.83. The molecule has 0 aromatic heterocycles. The van der Waals surface area contributed by atoms with Crippen molar-refractivity contribution in [2.45, 2.75) is 40.0 Å². The Balaban J connectivity index is 2.43. The van der Waals surface area contributed by atoms with Crippen molar-refractivity contribution in [3.8, 4) is 0 Å². The van der Waals surface area contributed by atoms with Gasteiger partial charge in [0.15, 0.2) is 5.78 Å². The smallest absolute Gasteiger partial charge is 0.157 e. The van der Waals surface area contributed by atoms with Crippen LogP contribution in [0.15, 0.2) is 12.2 Å². The lowest BCUT2D eigenvalue weighted by Crippen LogP contribution is -2.05. The topological polar surface area (TPSA) is 17.1 Å². The quantitative estimate of drug-likeness (QED) is 0.609. The first-order valence-corrected chi connectivity index (χ1v) is 5.33. The molecular weight excluding hydrogens is 160 g/mol. The van der Waals surface area contributed by atoms with Gasteiger partial charge in [0.25, 0.3) is 0 Å². The molecule has 1 heteroatoms. The van der Waals surface area contributed by atoms with E-state index in [1.54, 1.807) is 6.08 Å². The normalized spacial score (nSPS) is 28.9. The number of ketones is 1. The highest BCUT2D eigenvalue weighted by atomic mass is 16.1. The molecule has 0 aliphatic heterocycles. The van der Waals surface area contributed by atoms with Gasteiger partial charge in [0.1, 0.15) is 0 Å². The summed E-state index contributed by atoms with van der Waals surface area (Å²) in [5.74, 6) is 1.84. The van der Waals surface area contributed by atoms with Crippen LogP contribution < -0.4 is 0 Å². The minimum absolute atomic E-state index is 0.146. The van der Waals surface area contributed by atoms with Gasteiger partial charge in [-0.3, -0.25) is 4.79 Å². The Morgan fingerprint density at radius 3 is 2.54 bits per heavy atom. The van der Waals surface area contributed by atoms with Crippen LogP contribution in [0.5, 0.6) is 0 Å². The molecule has 0 N–H and O–H groups in total. The van der Waals surface area contributed by atoms with Crippen molar-refractivity contribution >= 4 is 5.78 Å². The van der Waals surface area contributed by atoms with Crippen molar-refractivity contribution in [1.29, 1.82) is 0 Å². The number of carbonyl (C=O) groups excluding carboxylic acids is 1. The summed E-state index contributed by atoms with van der Waals surface area (Å²) in [6.45, 7) is 6.18. The predicted octanol–water partition coefficient (Wildman–Crippen LogP) is 3.20. The zero-order valence-corrected chi connectivity index (χ0v) is 8.92. The van der Waals surface area contributed by atoms with Crippen molar-refractivity contribution in [3.05, 3.63) is 12.2 Å². The Hall–Kier alpha value is -0.590. The van der Waals surface area contributed by atoms with Crippen LogP contribution in [0, 0.1) is 17.8 Å². The Kier molecular flexibility index (Phi) is 3.71. The summed E-state index contributed by atoms with van der Waals surface area (Å²) in [6, 6.07) is 0. The van der Waals surface area contributed by atoms with Gasteiger partial charge < -0.3 is 0 Å². The van der Waals surface area contributed by atoms with Crippen molar-refractivity contribution in [2.24, 2.45) is 17.8 Å². The van der Waals surface area contributed by atoms with E-state index < -0.39 is 0 Å². The second-order valence-corrected chi connectivity index (χ2v) is 4.49. The largest absolute Gasteiger partial charge is 0.295 e. The van der Waals surface area contributed by atoms with E-state index in [1.165, 1.54) is 19.3 Å². The summed E-state index contributed by atoms with van der Waals surface area (Å²) in [5.41, 5.74) is 0. The summed E-state index contributed by atoms with van der Waals surface area (Å²) in [7, 11) is 0. The van der Waals surface area contributed by atoms with E-state index in [0.29, 0.717) is 5.92 Å². The highest BCUT2D eigenvalue weighted by Gasteiger charge is 2.20. The third-order valence-electron chi connectivity index (χ3n) is 3.00. The fourth-order valence-corrected chi connectivity index (χ4v) is 1.87. The minimum Gasteiger partial charge on any atom is -0.295 e. The Labute approximate surface area is 81.2 Å². The molecule has 2 atom stereocenters. The van der Waals surface area contributed by atoms with Crippen LogP contribution in [0.4, 0.5) is 0 Å². The van der Waals surface area contributed by atoms with E-state index in [-0.39, 0.29) is 11.7 Å². The number of carbonyl (C=O) groups is 1. The van der Waals surface area contributed by atoms with E-state index in [0.717, 1.165) is 5.92 Å². The van der Waals surface area contributed by atoms with Crippen LogP contribution in [-0.2, 0) is 4.79 Å². The van der Waals surface area contributed by atoms with Crippen molar-refractivity contribution in [2.75, 3.05) is 0 Å². The van der Waals surface area contributed by atoms with E-state index in [1.807, 2.05) is 13.8 Å². The highest BCUT2D eigenvalue weighted by Crippen LogP contribution is 2.31. The molecule has 0 aromatic rings. The molecule has 1 rings (SSSR count). The van der Waals surface area contributed by atoms with Crippen LogP contribution in [0.2, 0.25) is 0 Å². The molecule has 1 aliphatic carbocycles. The third kappa shape index (κ3) is 2.98. The summed E-state index contributed by atoms with van der Waals surface area (Å²) >= 11 is 0. The van der Waals surface area contributed by atoms with Gasteiger partial charge in [0.05, 0.1) is 0 Å². The minimum atomic E-state index is 0.146. The van der Waals surface area contributed by atoms with Gasteiger partial charge in [0, 0.05) is 5.92 Å². The van der Waals surface area contributed by atoms with E-state index >= 15 is 0 Å². The Bertz CT molecular complexity index is 203. The molecule has 0 amide bonds. The molecule has 1 saturated carbocycles. The zero-order valence-electron chi connectivity index (χ0n) is 8.92. The van der Waals surface area contributed by atoms with E-state index in [2.05, 4.69) is 13.0 Å². The van der Waals surface area contributed by atoms with Crippen LogP contribution >= 0.6 is 0 Å². The number of hydrogen-bond acceptors (Lipinski definition) is 1. The lowest BCUT2D eigenvalue weighted by molar-refractivity contribution is -0.117. The van der Waals surface area contributed by atoms with E-state index in [9.17, 15) is 4.79 Å². The lowest BCUT2D eigenvalue weighted by Gasteiger charge is -2.09.